The van der Waals surface area contributed by atoms with E-state index in [9.17, 15) is 0 Å². The first-order valence-corrected chi connectivity index (χ1v) is 6.64. The fourth-order valence-electron chi connectivity index (χ4n) is 2.27. The van der Waals surface area contributed by atoms with E-state index in [1.165, 1.54) is 5.69 Å². The molecule has 0 radical (unpaired) electrons. The third-order valence-electron chi connectivity index (χ3n) is 3.35. The molecular formula is C17H18N2. The van der Waals surface area contributed by atoms with Gasteiger partial charge >= 0.3 is 0 Å². The number of benzene rings is 2. The van der Waals surface area contributed by atoms with Crippen molar-refractivity contribution in [2.45, 2.75) is 13.8 Å². The highest BCUT2D eigenvalue weighted by molar-refractivity contribution is 5.72. The minimum atomic E-state index is 0.720. The van der Waals surface area contributed by atoms with Gasteiger partial charge in [-0.25, -0.2) is 0 Å². The second-order valence-electron chi connectivity index (χ2n) is 4.38. The van der Waals surface area contributed by atoms with Crippen LogP contribution in [0.1, 0.15) is 19.4 Å². The fourth-order valence-corrected chi connectivity index (χ4v) is 2.27. The zero-order valence-electron chi connectivity index (χ0n) is 11.4. The van der Waals surface area contributed by atoms with E-state index >= 15 is 0 Å². The molecule has 2 rings (SSSR count). The SMILES string of the molecule is CCN(CC)c1ccc(-c2ccccc2C#N)cc1. The third-order valence-corrected chi connectivity index (χ3v) is 3.35. The summed E-state index contributed by atoms with van der Waals surface area (Å²) < 4.78 is 0. The standard InChI is InChI=1S/C17H18N2/c1-3-19(4-2)16-11-9-14(10-12-16)17-8-6-5-7-15(17)13-18/h5-12H,3-4H2,1-2H3. The average molecular weight is 250 g/mol. The van der Waals surface area contributed by atoms with Crippen LogP contribution in [-0.2, 0) is 0 Å². The van der Waals surface area contributed by atoms with Crippen LogP contribution in [0.3, 0.4) is 0 Å². The topological polar surface area (TPSA) is 27.0 Å². The normalized spacial score (nSPS) is 9.95. The molecule has 2 aromatic rings. The molecular weight excluding hydrogens is 232 g/mol. The zero-order chi connectivity index (χ0) is 13.7. The van der Waals surface area contributed by atoms with Crippen molar-refractivity contribution >= 4 is 5.69 Å². The highest BCUT2D eigenvalue weighted by atomic mass is 15.1. The molecule has 0 amide bonds. The molecule has 0 unspecified atom stereocenters. The molecule has 2 aromatic carbocycles. The van der Waals surface area contributed by atoms with Gasteiger partial charge in [-0.3, -0.25) is 0 Å². The average Bonchev–Trinajstić information content (AvgIpc) is 2.49. The Morgan fingerprint density at radius 2 is 1.58 bits per heavy atom. The lowest BCUT2D eigenvalue weighted by molar-refractivity contribution is 0.866. The van der Waals surface area contributed by atoms with Gasteiger partial charge in [0, 0.05) is 18.8 Å². The lowest BCUT2D eigenvalue weighted by atomic mass is 10.0. The van der Waals surface area contributed by atoms with Crippen LogP contribution in [0.15, 0.2) is 48.5 Å². The zero-order valence-corrected chi connectivity index (χ0v) is 11.4. The minimum absolute atomic E-state index is 0.720. The summed E-state index contributed by atoms with van der Waals surface area (Å²) in [6, 6.07) is 18.4. The Labute approximate surface area is 114 Å². The summed E-state index contributed by atoms with van der Waals surface area (Å²) in [5, 5.41) is 9.14. The minimum Gasteiger partial charge on any atom is -0.372 e. The van der Waals surface area contributed by atoms with Crippen molar-refractivity contribution in [1.29, 1.82) is 5.26 Å². The number of nitrogens with zero attached hydrogens (tertiary/aromatic N) is 2. The molecule has 0 spiro atoms. The van der Waals surface area contributed by atoms with Crippen LogP contribution in [0.25, 0.3) is 11.1 Å². The first kappa shape index (κ1) is 13.2. The summed E-state index contributed by atoms with van der Waals surface area (Å²) in [6.07, 6.45) is 0. The summed E-state index contributed by atoms with van der Waals surface area (Å²) in [7, 11) is 0. The summed E-state index contributed by atoms with van der Waals surface area (Å²) in [6.45, 7) is 6.32. The van der Waals surface area contributed by atoms with Gasteiger partial charge in [-0.15, -0.1) is 0 Å². The van der Waals surface area contributed by atoms with Crippen molar-refractivity contribution in [3.63, 3.8) is 0 Å². The van der Waals surface area contributed by atoms with E-state index in [0.29, 0.717) is 0 Å². The Bertz CT molecular complexity index is 575. The van der Waals surface area contributed by atoms with Gasteiger partial charge in [0.15, 0.2) is 0 Å². The maximum absolute atomic E-state index is 9.14. The first-order chi connectivity index (χ1) is 9.30. The van der Waals surface area contributed by atoms with Gasteiger partial charge < -0.3 is 4.90 Å². The van der Waals surface area contributed by atoms with Gasteiger partial charge in [0.1, 0.15) is 0 Å². The molecule has 0 saturated carbocycles. The lowest BCUT2D eigenvalue weighted by Crippen LogP contribution is -2.21. The lowest BCUT2D eigenvalue weighted by Gasteiger charge is -2.21. The molecule has 19 heavy (non-hydrogen) atoms. The molecule has 2 heteroatoms. The Hall–Kier alpha value is -2.27. The van der Waals surface area contributed by atoms with Crippen molar-refractivity contribution in [2.75, 3.05) is 18.0 Å². The van der Waals surface area contributed by atoms with Crippen LogP contribution in [0, 0.1) is 11.3 Å². The van der Waals surface area contributed by atoms with Gasteiger partial charge in [-0.2, -0.15) is 5.26 Å². The van der Waals surface area contributed by atoms with Gasteiger partial charge in [0.25, 0.3) is 0 Å². The Kier molecular flexibility index (Phi) is 4.20. The van der Waals surface area contributed by atoms with Gasteiger partial charge in [-0.1, -0.05) is 30.3 Å². The van der Waals surface area contributed by atoms with E-state index < -0.39 is 0 Å². The summed E-state index contributed by atoms with van der Waals surface area (Å²) >= 11 is 0. The Morgan fingerprint density at radius 1 is 0.947 bits per heavy atom. The molecule has 0 aliphatic heterocycles. The van der Waals surface area contributed by atoms with Crippen LogP contribution in [-0.4, -0.2) is 13.1 Å². The largest absolute Gasteiger partial charge is 0.372 e. The summed E-state index contributed by atoms with van der Waals surface area (Å²) in [4.78, 5) is 2.31. The van der Waals surface area contributed by atoms with Crippen molar-refractivity contribution in [1.82, 2.24) is 0 Å². The van der Waals surface area contributed by atoms with E-state index in [1.807, 2.05) is 24.3 Å². The van der Waals surface area contributed by atoms with Crippen molar-refractivity contribution < 1.29 is 0 Å². The molecule has 0 bridgehead atoms. The molecule has 96 valence electrons. The molecule has 0 aromatic heterocycles. The maximum atomic E-state index is 9.14. The molecule has 0 fully saturated rings. The van der Waals surface area contributed by atoms with Crippen LogP contribution in [0.4, 0.5) is 5.69 Å². The van der Waals surface area contributed by atoms with Crippen molar-refractivity contribution in [3.05, 3.63) is 54.1 Å². The number of nitriles is 1. The van der Waals surface area contributed by atoms with E-state index in [4.69, 9.17) is 5.26 Å². The second-order valence-corrected chi connectivity index (χ2v) is 4.38. The van der Waals surface area contributed by atoms with Crippen LogP contribution in [0.2, 0.25) is 0 Å². The third kappa shape index (κ3) is 2.77. The maximum Gasteiger partial charge on any atom is 0.0998 e. The van der Waals surface area contributed by atoms with E-state index in [0.717, 1.165) is 29.8 Å². The van der Waals surface area contributed by atoms with Crippen LogP contribution >= 0.6 is 0 Å². The molecule has 0 N–H and O–H groups in total. The summed E-state index contributed by atoms with van der Waals surface area (Å²) in [5.41, 5.74) is 4.03. The predicted molar refractivity (Wildman–Crippen MR) is 80.2 cm³/mol. The molecule has 0 atom stereocenters. The Balaban J connectivity index is 2.35. The highest BCUT2D eigenvalue weighted by Gasteiger charge is 2.05. The number of anilines is 1. The van der Waals surface area contributed by atoms with Gasteiger partial charge in [0.05, 0.1) is 11.6 Å². The highest BCUT2D eigenvalue weighted by Crippen LogP contribution is 2.25. The second kappa shape index (κ2) is 6.06. The molecule has 0 saturated heterocycles. The van der Waals surface area contributed by atoms with E-state index in [2.05, 4.69) is 49.1 Å². The smallest absolute Gasteiger partial charge is 0.0998 e. The monoisotopic (exact) mass is 250 g/mol. The molecule has 0 heterocycles. The van der Waals surface area contributed by atoms with Crippen molar-refractivity contribution in [2.24, 2.45) is 0 Å². The van der Waals surface area contributed by atoms with Crippen LogP contribution < -0.4 is 4.90 Å². The molecule has 0 aliphatic carbocycles. The number of hydrogen-bond acceptors (Lipinski definition) is 2. The number of rotatable bonds is 4. The first-order valence-electron chi connectivity index (χ1n) is 6.64. The predicted octanol–water partition coefficient (Wildman–Crippen LogP) is 4.07. The fraction of sp³-hybridized carbons (Fsp3) is 0.235. The van der Waals surface area contributed by atoms with E-state index in [-0.39, 0.29) is 0 Å². The van der Waals surface area contributed by atoms with Gasteiger partial charge in [-0.05, 0) is 43.2 Å². The summed E-state index contributed by atoms with van der Waals surface area (Å²) in [5.74, 6) is 0. The van der Waals surface area contributed by atoms with Gasteiger partial charge in [0.2, 0.25) is 0 Å². The molecule has 0 aliphatic rings. The quantitative estimate of drug-likeness (QED) is 0.817. The number of hydrogen-bond donors (Lipinski definition) is 0. The van der Waals surface area contributed by atoms with Crippen LogP contribution in [0.5, 0.6) is 0 Å². The Morgan fingerprint density at radius 3 is 2.16 bits per heavy atom. The van der Waals surface area contributed by atoms with E-state index in [1.54, 1.807) is 0 Å². The van der Waals surface area contributed by atoms with Crippen molar-refractivity contribution in [3.8, 4) is 17.2 Å². The molecule has 2 nitrogen and oxygen atoms in total.